The number of carbonyl (C=O) groups excluding carboxylic acids is 1. The number of hydrogen-bond donors (Lipinski definition) is 2. The first-order valence-electron chi connectivity index (χ1n) is 10.6. The first kappa shape index (κ1) is 20.1. The van der Waals surface area contributed by atoms with Crippen molar-refractivity contribution in [1.82, 2.24) is 25.3 Å². The van der Waals surface area contributed by atoms with E-state index in [1.807, 2.05) is 17.8 Å². The second-order valence-electron chi connectivity index (χ2n) is 7.91. The van der Waals surface area contributed by atoms with Crippen molar-refractivity contribution < 1.29 is 9.53 Å². The van der Waals surface area contributed by atoms with E-state index in [2.05, 4.69) is 44.9 Å². The highest BCUT2D eigenvalue weighted by molar-refractivity contribution is 5.94. The maximum Gasteiger partial charge on any atom is 0.272 e. The maximum absolute atomic E-state index is 12.8. The van der Waals surface area contributed by atoms with E-state index in [4.69, 9.17) is 4.74 Å². The lowest BCUT2D eigenvalue weighted by molar-refractivity contribution is 0.0383. The van der Waals surface area contributed by atoms with Crippen LogP contribution in [0, 0.1) is 0 Å². The third-order valence-electron chi connectivity index (χ3n) is 5.93. The number of nitrogens with one attached hydrogen (secondary N) is 2. The molecule has 0 spiro atoms. The number of morpholine rings is 1. The molecule has 7 nitrogen and oxygen atoms in total. The molecular formula is C22H31N5O2. The van der Waals surface area contributed by atoms with Gasteiger partial charge in [0, 0.05) is 57.1 Å². The normalized spacial score (nSPS) is 19.7. The summed E-state index contributed by atoms with van der Waals surface area (Å²) < 4.78 is 7.26. The van der Waals surface area contributed by atoms with E-state index in [1.165, 1.54) is 11.3 Å². The number of amides is 1. The van der Waals surface area contributed by atoms with Crippen molar-refractivity contribution >= 4 is 5.91 Å². The van der Waals surface area contributed by atoms with Gasteiger partial charge in [0.25, 0.3) is 5.91 Å². The molecule has 156 valence electrons. The molecule has 0 saturated carbocycles. The van der Waals surface area contributed by atoms with E-state index in [0.29, 0.717) is 18.3 Å². The Morgan fingerprint density at radius 1 is 1.24 bits per heavy atom. The van der Waals surface area contributed by atoms with Crippen molar-refractivity contribution in [1.29, 1.82) is 0 Å². The van der Waals surface area contributed by atoms with E-state index < -0.39 is 0 Å². The third kappa shape index (κ3) is 5.04. The van der Waals surface area contributed by atoms with Gasteiger partial charge in [0.15, 0.2) is 5.69 Å². The Labute approximate surface area is 172 Å². The van der Waals surface area contributed by atoms with Crippen LogP contribution in [0.5, 0.6) is 0 Å². The van der Waals surface area contributed by atoms with Crippen LogP contribution in [0.25, 0.3) is 0 Å². The summed E-state index contributed by atoms with van der Waals surface area (Å²) in [5, 5.41) is 11.3. The molecule has 7 heteroatoms. The molecular weight excluding hydrogens is 366 g/mol. The summed E-state index contributed by atoms with van der Waals surface area (Å²) in [5.41, 5.74) is 4.18. The molecule has 1 aliphatic heterocycles. The molecule has 1 aromatic carbocycles. The SMILES string of the molecule is Cn1nc(C(=O)NCCN2CCOCC2)c2c1CCC(NCc1ccccc1)C2. The van der Waals surface area contributed by atoms with Crippen molar-refractivity contribution in [2.75, 3.05) is 39.4 Å². The topological polar surface area (TPSA) is 71.4 Å². The summed E-state index contributed by atoms with van der Waals surface area (Å²) in [4.78, 5) is 15.1. The van der Waals surface area contributed by atoms with Gasteiger partial charge in [0.05, 0.1) is 13.2 Å². The van der Waals surface area contributed by atoms with Crippen LogP contribution in [0.3, 0.4) is 0 Å². The number of benzene rings is 1. The lowest BCUT2D eigenvalue weighted by atomic mass is 9.91. The second-order valence-corrected chi connectivity index (χ2v) is 7.91. The molecule has 2 N–H and O–H groups in total. The zero-order valence-electron chi connectivity index (χ0n) is 17.2. The Morgan fingerprint density at radius 2 is 2.03 bits per heavy atom. The predicted octanol–water partition coefficient (Wildman–Crippen LogP) is 1.13. The van der Waals surface area contributed by atoms with E-state index in [0.717, 1.165) is 64.2 Å². The van der Waals surface area contributed by atoms with Crippen molar-refractivity contribution in [2.45, 2.75) is 31.8 Å². The summed E-state index contributed by atoms with van der Waals surface area (Å²) in [5.74, 6) is -0.0566. The quantitative estimate of drug-likeness (QED) is 0.733. The molecule has 1 unspecified atom stereocenters. The van der Waals surface area contributed by atoms with Gasteiger partial charge < -0.3 is 15.4 Å². The predicted molar refractivity (Wildman–Crippen MR) is 112 cm³/mol. The highest BCUT2D eigenvalue weighted by Gasteiger charge is 2.28. The molecule has 1 saturated heterocycles. The van der Waals surface area contributed by atoms with Gasteiger partial charge in [0.2, 0.25) is 0 Å². The Morgan fingerprint density at radius 3 is 2.83 bits per heavy atom. The molecule has 0 radical (unpaired) electrons. The zero-order chi connectivity index (χ0) is 20.1. The molecule has 2 aromatic rings. The first-order valence-corrected chi connectivity index (χ1v) is 10.6. The number of fused-ring (bicyclic) bond motifs is 1. The van der Waals surface area contributed by atoms with Gasteiger partial charge >= 0.3 is 0 Å². The number of nitrogens with zero attached hydrogens (tertiary/aromatic N) is 3. The standard InChI is InChI=1S/C22H31N5O2/c1-26-20-8-7-18(24-16-17-5-3-2-4-6-17)15-19(20)21(25-26)22(28)23-9-10-27-11-13-29-14-12-27/h2-6,18,24H,7-16H2,1H3,(H,23,28). The van der Waals surface area contributed by atoms with Gasteiger partial charge in [-0.05, 0) is 24.8 Å². The number of hydrogen-bond acceptors (Lipinski definition) is 5. The summed E-state index contributed by atoms with van der Waals surface area (Å²) in [6.07, 6.45) is 2.87. The number of ether oxygens (including phenoxy) is 1. The number of aryl methyl sites for hydroxylation is 1. The van der Waals surface area contributed by atoms with Crippen molar-refractivity contribution in [2.24, 2.45) is 7.05 Å². The van der Waals surface area contributed by atoms with E-state index in [1.54, 1.807) is 0 Å². The minimum absolute atomic E-state index is 0.0566. The Hall–Kier alpha value is -2.22. The van der Waals surface area contributed by atoms with Crippen LogP contribution in [0.2, 0.25) is 0 Å². The average Bonchev–Trinajstić information content (AvgIpc) is 3.10. The second kappa shape index (κ2) is 9.52. The Kier molecular flexibility index (Phi) is 6.59. The van der Waals surface area contributed by atoms with Gasteiger partial charge in [-0.3, -0.25) is 14.4 Å². The van der Waals surface area contributed by atoms with Crippen LogP contribution < -0.4 is 10.6 Å². The van der Waals surface area contributed by atoms with Gasteiger partial charge in [-0.15, -0.1) is 0 Å². The Balaban J connectivity index is 1.34. The number of rotatable bonds is 7. The highest BCUT2D eigenvalue weighted by Crippen LogP contribution is 2.24. The summed E-state index contributed by atoms with van der Waals surface area (Å²) in [6.45, 7) is 5.76. The average molecular weight is 398 g/mol. The molecule has 1 amide bonds. The molecule has 1 aromatic heterocycles. The van der Waals surface area contributed by atoms with Crippen molar-refractivity contribution in [3.63, 3.8) is 0 Å². The van der Waals surface area contributed by atoms with Crippen LogP contribution in [0.1, 0.15) is 33.7 Å². The van der Waals surface area contributed by atoms with Gasteiger partial charge in [-0.2, -0.15) is 5.10 Å². The van der Waals surface area contributed by atoms with E-state index in [9.17, 15) is 4.79 Å². The van der Waals surface area contributed by atoms with E-state index in [-0.39, 0.29) is 5.91 Å². The largest absolute Gasteiger partial charge is 0.379 e. The van der Waals surface area contributed by atoms with Crippen molar-refractivity contribution in [3.05, 3.63) is 52.8 Å². The fraction of sp³-hybridized carbons (Fsp3) is 0.545. The van der Waals surface area contributed by atoms with Crippen LogP contribution >= 0.6 is 0 Å². The van der Waals surface area contributed by atoms with Crippen LogP contribution in [0.15, 0.2) is 30.3 Å². The molecule has 1 fully saturated rings. The Bertz CT molecular complexity index is 814. The summed E-state index contributed by atoms with van der Waals surface area (Å²) in [7, 11) is 1.95. The van der Waals surface area contributed by atoms with Gasteiger partial charge in [-0.25, -0.2) is 0 Å². The molecule has 2 aliphatic rings. The fourth-order valence-electron chi connectivity index (χ4n) is 4.24. The molecule has 0 bridgehead atoms. The van der Waals surface area contributed by atoms with Crippen LogP contribution in [0.4, 0.5) is 0 Å². The number of carbonyl (C=O) groups is 1. The van der Waals surface area contributed by atoms with Crippen LogP contribution in [-0.4, -0.2) is 66.0 Å². The number of aromatic nitrogens is 2. The third-order valence-corrected chi connectivity index (χ3v) is 5.93. The van der Waals surface area contributed by atoms with Gasteiger partial charge in [-0.1, -0.05) is 30.3 Å². The lowest BCUT2D eigenvalue weighted by Crippen LogP contribution is -2.41. The minimum atomic E-state index is -0.0566. The van der Waals surface area contributed by atoms with E-state index >= 15 is 0 Å². The molecule has 1 aliphatic carbocycles. The smallest absolute Gasteiger partial charge is 0.272 e. The zero-order valence-corrected chi connectivity index (χ0v) is 17.2. The fourth-order valence-corrected chi connectivity index (χ4v) is 4.24. The molecule has 1 atom stereocenters. The first-order chi connectivity index (χ1) is 14.2. The monoisotopic (exact) mass is 397 g/mol. The highest BCUT2D eigenvalue weighted by atomic mass is 16.5. The van der Waals surface area contributed by atoms with Crippen molar-refractivity contribution in [3.8, 4) is 0 Å². The molecule has 2 heterocycles. The lowest BCUT2D eigenvalue weighted by Gasteiger charge is -2.26. The maximum atomic E-state index is 12.8. The molecule has 29 heavy (non-hydrogen) atoms. The van der Waals surface area contributed by atoms with Crippen LogP contribution in [-0.2, 0) is 31.2 Å². The van der Waals surface area contributed by atoms with Gasteiger partial charge in [0.1, 0.15) is 0 Å². The minimum Gasteiger partial charge on any atom is -0.379 e. The summed E-state index contributed by atoms with van der Waals surface area (Å²) >= 11 is 0. The summed E-state index contributed by atoms with van der Waals surface area (Å²) in [6, 6.07) is 10.8. The molecule has 4 rings (SSSR count).